The van der Waals surface area contributed by atoms with Gasteiger partial charge in [0.2, 0.25) is 5.91 Å². The third kappa shape index (κ3) is 2.74. The average molecular weight is 290 g/mol. The summed E-state index contributed by atoms with van der Waals surface area (Å²) in [6.45, 7) is 0.833. The van der Waals surface area contributed by atoms with Crippen LogP contribution >= 0.6 is 11.8 Å². The first kappa shape index (κ1) is 13.6. The van der Waals surface area contributed by atoms with Gasteiger partial charge in [-0.05, 0) is 42.5 Å². The van der Waals surface area contributed by atoms with Gasteiger partial charge in [0.1, 0.15) is 0 Å². The van der Waals surface area contributed by atoms with Crippen molar-refractivity contribution >= 4 is 29.3 Å². The number of imide groups is 1. The molecule has 2 heterocycles. The zero-order valence-electron chi connectivity index (χ0n) is 11.2. The first-order valence-electron chi connectivity index (χ1n) is 6.98. The molecule has 1 aromatic carbocycles. The molecule has 2 aliphatic heterocycles. The van der Waals surface area contributed by atoms with E-state index in [1.54, 1.807) is 12.1 Å². The van der Waals surface area contributed by atoms with Gasteiger partial charge in [0.05, 0.1) is 18.2 Å². The molecule has 4 nitrogen and oxygen atoms in total. The molecule has 1 aromatic rings. The molecule has 2 atom stereocenters. The zero-order chi connectivity index (χ0) is 13.9. The van der Waals surface area contributed by atoms with Crippen LogP contribution in [0.3, 0.4) is 0 Å². The van der Waals surface area contributed by atoms with Crippen LogP contribution < -0.4 is 10.2 Å². The Morgan fingerprint density at radius 1 is 1.25 bits per heavy atom. The number of amides is 2. The monoisotopic (exact) mass is 290 g/mol. The van der Waals surface area contributed by atoms with Gasteiger partial charge < -0.3 is 5.32 Å². The molecule has 2 fully saturated rings. The molecule has 106 valence electrons. The molecular weight excluding hydrogens is 272 g/mol. The SMILES string of the molecule is O=C1CC(NCC2CCSC2)C(=O)N1c1ccccc1. The molecule has 1 N–H and O–H groups in total. The van der Waals surface area contributed by atoms with Crippen molar-refractivity contribution in [3.63, 3.8) is 0 Å². The fourth-order valence-corrected chi connectivity index (χ4v) is 3.98. The number of nitrogens with zero attached hydrogens (tertiary/aromatic N) is 1. The van der Waals surface area contributed by atoms with Crippen LogP contribution in [0.15, 0.2) is 30.3 Å². The van der Waals surface area contributed by atoms with Crippen LogP contribution in [0.5, 0.6) is 0 Å². The third-order valence-corrected chi connectivity index (χ3v) is 5.07. The second-order valence-electron chi connectivity index (χ2n) is 5.30. The first-order valence-corrected chi connectivity index (χ1v) is 8.14. The van der Waals surface area contributed by atoms with Gasteiger partial charge in [-0.1, -0.05) is 18.2 Å². The molecule has 0 saturated carbocycles. The molecule has 3 rings (SSSR count). The van der Waals surface area contributed by atoms with Crippen LogP contribution in [0.4, 0.5) is 5.69 Å². The van der Waals surface area contributed by atoms with Gasteiger partial charge in [-0.25, -0.2) is 4.90 Å². The molecule has 0 spiro atoms. The number of anilines is 1. The molecule has 0 radical (unpaired) electrons. The van der Waals surface area contributed by atoms with Crippen LogP contribution in [-0.4, -0.2) is 35.9 Å². The van der Waals surface area contributed by atoms with E-state index in [0.29, 0.717) is 11.6 Å². The summed E-state index contributed by atoms with van der Waals surface area (Å²) in [6.07, 6.45) is 1.47. The second-order valence-corrected chi connectivity index (χ2v) is 6.45. The average Bonchev–Trinajstić information content (AvgIpc) is 3.06. The van der Waals surface area contributed by atoms with E-state index in [9.17, 15) is 9.59 Å². The van der Waals surface area contributed by atoms with Gasteiger partial charge >= 0.3 is 0 Å². The Kier molecular flexibility index (Phi) is 4.08. The highest BCUT2D eigenvalue weighted by Gasteiger charge is 2.39. The van der Waals surface area contributed by atoms with Crippen molar-refractivity contribution in [2.75, 3.05) is 23.0 Å². The summed E-state index contributed by atoms with van der Waals surface area (Å²) in [5.41, 5.74) is 0.670. The van der Waals surface area contributed by atoms with Crippen molar-refractivity contribution in [2.24, 2.45) is 5.92 Å². The number of rotatable bonds is 4. The maximum absolute atomic E-state index is 12.4. The van der Waals surface area contributed by atoms with Crippen LogP contribution in [0.1, 0.15) is 12.8 Å². The van der Waals surface area contributed by atoms with Crippen molar-refractivity contribution in [2.45, 2.75) is 18.9 Å². The van der Waals surface area contributed by atoms with Gasteiger partial charge in [-0.2, -0.15) is 11.8 Å². The quantitative estimate of drug-likeness (QED) is 0.857. The lowest BCUT2D eigenvalue weighted by molar-refractivity contribution is -0.121. The summed E-state index contributed by atoms with van der Waals surface area (Å²) in [4.78, 5) is 25.7. The fourth-order valence-electron chi connectivity index (χ4n) is 2.69. The lowest BCUT2D eigenvalue weighted by atomic mass is 10.1. The highest BCUT2D eigenvalue weighted by atomic mass is 32.2. The normalized spacial score (nSPS) is 26.5. The lowest BCUT2D eigenvalue weighted by Crippen LogP contribution is -2.40. The Balaban J connectivity index is 1.64. The van der Waals surface area contributed by atoms with Crippen molar-refractivity contribution < 1.29 is 9.59 Å². The number of carbonyl (C=O) groups is 2. The minimum Gasteiger partial charge on any atom is -0.305 e. The van der Waals surface area contributed by atoms with Crippen molar-refractivity contribution in [3.05, 3.63) is 30.3 Å². The zero-order valence-corrected chi connectivity index (χ0v) is 12.1. The molecule has 2 aliphatic rings. The molecule has 2 unspecified atom stereocenters. The Bertz CT molecular complexity index is 500. The Morgan fingerprint density at radius 2 is 2.05 bits per heavy atom. The maximum atomic E-state index is 12.4. The summed E-state index contributed by atoms with van der Waals surface area (Å²) in [5.74, 6) is 2.77. The number of thioether (sulfide) groups is 1. The Morgan fingerprint density at radius 3 is 2.75 bits per heavy atom. The predicted octanol–water partition coefficient (Wildman–Crippen LogP) is 1.66. The highest BCUT2D eigenvalue weighted by Crippen LogP contribution is 2.25. The minimum atomic E-state index is -0.353. The molecule has 2 saturated heterocycles. The van der Waals surface area contributed by atoms with Crippen LogP contribution in [0.25, 0.3) is 0 Å². The standard InChI is InChI=1S/C15H18N2O2S/c18-14-8-13(16-9-11-6-7-20-10-11)15(19)17(14)12-4-2-1-3-5-12/h1-5,11,13,16H,6-10H2. The highest BCUT2D eigenvalue weighted by molar-refractivity contribution is 7.99. The number of para-hydroxylation sites is 1. The summed E-state index contributed by atoms with van der Waals surface area (Å²) >= 11 is 1.96. The van der Waals surface area contributed by atoms with E-state index < -0.39 is 0 Å². The predicted molar refractivity (Wildman–Crippen MR) is 80.8 cm³/mol. The van der Waals surface area contributed by atoms with Gasteiger partial charge in [0, 0.05) is 0 Å². The molecule has 2 amide bonds. The smallest absolute Gasteiger partial charge is 0.251 e. The largest absolute Gasteiger partial charge is 0.305 e. The number of hydrogen-bond acceptors (Lipinski definition) is 4. The van der Waals surface area contributed by atoms with Crippen LogP contribution in [0.2, 0.25) is 0 Å². The van der Waals surface area contributed by atoms with Gasteiger partial charge in [0.25, 0.3) is 5.91 Å². The minimum absolute atomic E-state index is 0.112. The van der Waals surface area contributed by atoms with E-state index in [1.165, 1.54) is 17.1 Å². The first-order chi connectivity index (χ1) is 9.75. The summed E-state index contributed by atoms with van der Waals surface area (Å²) < 4.78 is 0. The van der Waals surface area contributed by atoms with Crippen molar-refractivity contribution in [3.8, 4) is 0 Å². The van der Waals surface area contributed by atoms with E-state index in [2.05, 4.69) is 5.32 Å². The Labute approximate surface area is 122 Å². The fraction of sp³-hybridized carbons (Fsp3) is 0.467. The summed E-state index contributed by atoms with van der Waals surface area (Å²) in [7, 11) is 0. The van der Waals surface area contributed by atoms with E-state index in [0.717, 1.165) is 12.3 Å². The van der Waals surface area contributed by atoms with Crippen molar-refractivity contribution in [1.29, 1.82) is 0 Å². The molecule has 5 heteroatoms. The van der Waals surface area contributed by atoms with Gasteiger partial charge in [-0.3, -0.25) is 9.59 Å². The summed E-state index contributed by atoms with van der Waals surface area (Å²) in [5, 5.41) is 3.28. The van der Waals surface area contributed by atoms with Gasteiger partial charge in [0.15, 0.2) is 0 Å². The van der Waals surface area contributed by atoms with E-state index >= 15 is 0 Å². The molecule has 0 aromatic heterocycles. The van der Waals surface area contributed by atoms with Gasteiger partial charge in [-0.15, -0.1) is 0 Å². The Hall–Kier alpha value is -1.33. The van der Waals surface area contributed by atoms with E-state index in [4.69, 9.17) is 0 Å². The van der Waals surface area contributed by atoms with Crippen LogP contribution in [-0.2, 0) is 9.59 Å². The molecule has 0 aliphatic carbocycles. The lowest BCUT2D eigenvalue weighted by Gasteiger charge is -2.16. The molecule has 0 bridgehead atoms. The van der Waals surface area contributed by atoms with E-state index in [-0.39, 0.29) is 24.3 Å². The van der Waals surface area contributed by atoms with Crippen molar-refractivity contribution in [1.82, 2.24) is 5.32 Å². The number of carbonyl (C=O) groups excluding carboxylic acids is 2. The molecule has 20 heavy (non-hydrogen) atoms. The topological polar surface area (TPSA) is 49.4 Å². The number of hydrogen-bond donors (Lipinski definition) is 1. The van der Waals surface area contributed by atoms with E-state index in [1.807, 2.05) is 30.0 Å². The summed E-state index contributed by atoms with van der Waals surface area (Å²) in [6, 6.07) is 8.80. The maximum Gasteiger partial charge on any atom is 0.251 e. The second kappa shape index (κ2) is 5.97. The number of nitrogens with one attached hydrogen (secondary N) is 1. The molecular formula is C15H18N2O2S. The third-order valence-electron chi connectivity index (χ3n) is 3.84. The van der Waals surface area contributed by atoms with Crippen LogP contribution in [0, 0.1) is 5.92 Å². The number of benzene rings is 1.